The number of hydrogen-bond donors (Lipinski definition) is 2. The first-order valence-corrected chi connectivity index (χ1v) is 7.26. The SMILES string of the molecule is CC(C)CCCC(C)Nc1cc(=O)[nH]c(C(C)C)n1. The summed E-state index contributed by atoms with van der Waals surface area (Å²) in [5, 5.41) is 3.32. The molecular formula is C15H27N3O. The van der Waals surface area contributed by atoms with Gasteiger partial charge in [0.1, 0.15) is 11.6 Å². The number of nitrogens with one attached hydrogen (secondary N) is 2. The molecule has 1 rings (SSSR count). The van der Waals surface area contributed by atoms with Crippen molar-refractivity contribution in [2.75, 3.05) is 5.32 Å². The van der Waals surface area contributed by atoms with Gasteiger partial charge in [0.05, 0.1) is 0 Å². The van der Waals surface area contributed by atoms with Gasteiger partial charge in [0.15, 0.2) is 0 Å². The Balaban J connectivity index is 2.58. The molecule has 0 aliphatic carbocycles. The van der Waals surface area contributed by atoms with Gasteiger partial charge in [-0.25, -0.2) is 4.98 Å². The maximum Gasteiger partial charge on any atom is 0.252 e. The molecule has 1 atom stereocenters. The lowest BCUT2D eigenvalue weighted by molar-refractivity contribution is 0.520. The molecule has 0 aromatic carbocycles. The van der Waals surface area contributed by atoms with Gasteiger partial charge in [-0.15, -0.1) is 0 Å². The molecule has 1 aromatic heterocycles. The van der Waals surface area contributed by atoms with Crippen LogP contribution < -0.4 is 10.9 Å². The highest BCUT2D eigenvalue weighted by Gasteiger charge is 2.08. The lowest BCUT2D eigenvalue weighted by Gasteiger charge is -2.16. The normalized spacial score (nSPS) is 13.0. The van der Waals surface area contributed by atoms with Crippen LogP contribution in [0.25, 0.3) is 0 Å². The zero-order chi connectivity index (χ0) is 14.4. The number of hydrogen-bond acceptors (Lipinski definition) is 3. The molecular weight excluding hydrogens is 238 g/mol. The van der Waals surface area contributed by atoms with Crippen molar-refractivity contribution in [3.8, 4) is 0 Å². The van der Waals surface area contributed by atoms with Gasteiger partial charge in [0.25, 0.3) is 5.56 Å². The first-order chi connectivity index (χ1) is 8.88. The molecule has 0 bridgehead atoms. The van der Waals surface area contributed by atoms with Gasteiger partial charge in [-0.05, 0) is 19.3 Å². The van der Waals surface area contributed by atoms with Crippen molar-refractivity contribution in [2.24, 2.45) is 5.92 Å². The van der Waals surface area contributed by atoms with Crippen LogP contribution in [0.3, 0.4) is 0 Å². The molecule has 0 spiro atoms. The lowest BCUT2D eigenvalue weighted by atomic mass is 10.0. The zero-order valence-corrected chi connectivity index (χ0v) is 12.8. The first-order valence-electron chi connectivity index (χ1n) is 7.26. The molecule has 19 heavy (non-hydrogen) atoms. The second-order valence-electron chi connectivity index (χ2n) is 6.04. The third-order valence-electron chi connectivity index (χ3n) is 3.12. The average molecular weight is 265 g/mol. The number of aromatic amines is 1. The first kappa shape index (κ1) is 15.7. The van der Waals surface area contributed by atoms with Crippen molar-refractivity contribution >= 4 is 5.82 Å². The van der Waals surface area contributed by atoms with Crippen LogP contribution in [0.5, 0.6) is 0 Å². The van der Waals surface area contributed by atoms with E-state index in [1.165, 1.54) is 18.9 Å². The second-order valence-corrected chi connectivity index (χ2v) is 6.04. The quantitative estimate of drug-likeness (QED) is 0.793. The van der Waals surface area contributed by atoms with E-state index in [9.17, 15) is 4.79 Å². The van der Waals surface area contributed by atoms with Gasteiger partial charge in [-0.1, -0.05) is 40.5 Å². The Morgan fingerprint density at radius 3 is 2.47 bits per heavy atom. The van der Waals surface area contributed by atoms with Crippen LogP contribution in [0.2, 0.25) is 0 Å². The van der Waals surface area contributed by atoms with Crippen molar-refractivity contribution in [2.45, 2.75) is 65.8 Å². The van der Waals surface area contributed by atoms with E-state index in [-0.39, 0.29) is 11.5 Å². The van der Waals surface area contributed by atoms with E-state index in [4.69, 9.17) is 0 Å². The number of anilines is 1. The summed E-state index contributed by atoms with van der Waals surface area (Å²) >= 11 is 0. The summed E-state index contributed by atoms with van der Waals surface area (Å²) < 4.78 is 0. The molecule has 0 aliphatic heterocycles. The molecule has 0 amide bonds. The summed E-state index contributed by atoms with van der Waals surface area (Å²) in [6.07, 6.45) is 3.54. The fourth-order valence-corrected chi connectivity index (χ4v) is 1.98. The number of rotatable bonds is 7. The van der Waals surface area contributed by atoms with Crippen LogP contribution in [0.15, 0.2) is 10.9 Å². The molecule has 2 N–H and O–H groups in total. The lowest BCUT2D eigenvalue weighted by Crippen LogP contribution is -2.20. The zero-order valence-electron chi connectivity index (χ0n) is 12.8. The Labute approximate surface area is 116 Å². The topological polar surface area (TPSA) is 57.8 Å². The van der Waals surface area contributed by atoms with Crippen molar-refractivity contribution in [1.29, 1.82) is 0 Å². The molecule has 1 unspecified atom stereocenters. The third-order valence-corrected chi connectivity index (χ3v) is 3.12. The summed E-state index contributed by atoms with van der Waals surface area (Å²) in [4.78, 5) is 18.8. The largest absolute Gasteiger partial charge is 0.367 e. The molecule has 4 nitrogen and oxygen atoms in total. The van der Waals surface area contributed by atoms with Gasteiger partial charge in [-0.3, -0.25) is 4.79 Å². The van der Waals surface area contributed by atoms with Crippen molar-refractivity contribution in [1.82, 2.24) is 9.97 Å². The fraction of sp³-hybridized carbons (Fsp3) is 0.733. The molecule has 1 heterocycles. The summed E-state index contributed by atoms with van der Waals surface area (Å²) in [6.45, 7) is 10.7. The van der Waals surface area contributed by atoms with Gasteiger partial charge in [-0.2, -0.15) is 0 Å². The van der Waals surface area contributed by atoms with E-state index in [2.05, 4.69) is 36.1 Å². The highest BCUT2D eigenvalue weighted by Crippen LogP contribution is 2.13. The molecule has 0 saturated heterocycles. The van der Waals surface area contributed by atoms with E-state index in [1.54, 1.807) is 0 Å². The van der Waals surface area contributed by atoms with E-state index in [1.807, 2.05) is 13.8 Å². The van der Waals surface area contributed by atoms with Crippen molar-refractivity contribution < 1.29 is 0 Å². The Bertz CT molecular complexity index is 437. The maximum absolute atomic E-state index is 11.6. The minimum Gasteiger partial charge on any atom is -0.367 e. The number of H-pyrrole nitrogens is 1. The molecule has 1 aromatic rings. The Hall–Kier alpha value is -1.32. The highest BCUT2D eigenvalue weighted by molar-refractivity contribution is 5.34. The number of nitrogens with zero attached hydrogens (tertiary/aromatic N) is 1. The molecule has 108 valence electrons. The van der Waals surface area contributed by atoms with Gasteiger partial charge in [0, 0.05) is 18.0 Å². The fourth-order valence-electron chi connectivity index (χ4n) is 1.98. The highest BCUT2D eigenvalue weighted by atomic mass is 16.1. The number of aromatic nitrogens is 2. The molecule has 4 heteroatoms. The monoisotopic (exact) mass is 265 g/mol. The van der Waals surface area contributed by atoms with E-state index < -0.39 is 0 Å². The Morgan fingerprint density at radius 2 is 1.89 bits per heavy atom. The predicted molar refractivity (Wildman–Crippen MR) is 80.7 cm³/mol. The molecule has 0 radical (unpaired) electrons. The average Bonchev–Trinajstić information content (AvgIpc) is 2.27. The summed E-state index contributed by atoms with van der Waals surface area (Å²) in [6, 6.07) is 1.87. The van der Waals surface area contributed by atoms with E-state index in [0.29, 0.717) is 11.9 Å². The van der Waals surface area contributed by atoms with Gasteiger partial charge < -0.3 is 10.3 Å². The van der Waals surface area contributed by atoms with Crippen LogP contribution in [0.1, 0.15) is 65.6 Å². The van der Waals surface area contributed by atoms with Crippen molar-refractivity contribution in [3.05, 3.63) is 22.2 Å². The van der Waals surface area contributed by atoms with E-state index in [0.717, 1.165) is 18.2 Å². The molecule has 0 aliphatic rings. The predicted octanol–water partition coefficient (Wildman–Crippen LogP) is 3.52. The minimum absolute atomic E-state index is 0.0874. The van der Waals surface area contributed by atoms with Crippen LogP contribution in [-0.4, -0.2) is 16.0 Å². The Morgan fingerprint density at radius 1 is 1.21 bits per heavy atom. The van der Waals surface area contributed by atoms with Crippen LogP contribution in [-0.2, 0) is 0 Å². The second kappa shape index (κ2) is 7.31. The van der Waals surface area contributed by atoms with E-state index >= 15 is 0 Å². The standard InChI is InChI=1S/C15H27N3O/c1-10(2)7-6-8-12(5)16-13-9-14(19)18-15(17-13)11(3)4/h9-12H,6-8H2,1-5H3,(H2,16,17,18,19). The minimum atomic E-state index is -0.0874. The van der Waals surface area contributed by atoms with Crippen LogP contribution in [0.4, 0.5) is 5.82 Å². The smallest absolute Gasteiger partial charge is 0.252 e. The van der Waals surface area contributed by atoms with Crippen LogP contribution >= 0.6 is 0 Å². The molecule has 0 fully saturated rings. The Kier molecular flexibility index (Phi) is 6.06. The maximum atomic E-state index is 11.6. The van der Waals surface area contributed by atoms with Crippen molar-refractivity contribution in [3.63, 3.8) is 0 Å². The summed E-state index contributed by atoms with van der Waals surface area (Å²) in [5.74, 6) is 2.40. The third kappa shape index (κ3) is 5.90. The van der Waals surface area contributed by atoms with Crippen LogP contribution in [0, 0.1) is 5.92 Å². The summed E-state index contributed by atoms with van der Waals surface area (Å²) in [7, 11) is 0. The molecule has 0 saturated carbocycles. The summed E-state index contributed by atoms with van der Waals surface area (Å²) in [5.41, 5.74) is -0.0874. The van der Waals surface area contributed by atoms with Gasteiger partial charge in [0.2, 0.25) is 0 Å². The van der Waals surface area contributed by atoms with Gasteiger partial charge >= 0.3 is 0 Å².